The lowest BCUT2D eigenvalue weighted by molar-refractivity contribution is -0.185. The summed E-state index contributed by atoms with van der Waals surface area (Å²) >= 11 is 0. The molecule has 1 N–H and O–H groups in total. The molecule has 1 aromatic rings. The molecule has 5 nitrogen and oxygen atoms in total. The van der Waals surface area contributed by atoms with Gasteiger partial charge >= 0.3 is 11.9 Å². The van der Waals surface area contributed by atoms with E-state index in [1.165, 1.54) is 24.3 Å². The average molecular weight is 362 g/mol. The number of hydrogen-bond donors (Lipinski definition) is 1. The van der Waals surface area contributed by atoms with E-state index in [9.17, 15) is 22.0 Å². The van der Waals surface area contributed by atoms with Crippen LogP contribution in [-0.2, 0) is 19.1 Å². The standard InChI is InChI=1S/C16H20F2O5S/c1-11-7-9-13(10-8-11)24(21,22)23-14(16(17,18)15(19)20)12-5-3-2-4-6-12/h7-10,12,14H,2-6H2,1H3,(H,19,20). The molecule has 0 bridgehead atoms. The minimum absolute atomic E-state index is 0.268. The lowest BCUT2D eigenvalue weighted by atomic mass is 9.83. The van der Waals surface area contributed by atoms with E-state index in [-0.39, 0.29) is 4.90 Å². The van der Waals surface area contributed by atoms with Gasteiger partial charge in [0.15, 0.2) is 6.10 Å². The molecule has 8 heteroatoms. The van der Waals surface area contributed by atoms with E-state index in [0.29, 0.717) is 25.7 Å². The first-order valence-electron chi connectivity index (χ1n) is 7.76. The first kappa shape index (κ1) is 18.8. The van der Waals surface area contributed by atoms with Crippen LogP contribution in [0.15, 0.2) is 29.2 Å². The topological polar surface area (TPSA) is 80.7 Å². The fraction of sp³-hybridized carbons (Fsp3) is 0.562. The molecule has 1 aliphatic carbocycles. The lowest BCUT2D eigenvalue weighted by Crippen LogP contribution is -2.48. The van der Waals surface area contributed by atoms with Gasteiger partial charge in [-0.25, -0.2) is 4.79 Å². The maximum Gasteiger partial charge on any atom is 0.377 e. The number of alkyl halides is 2. The SMILES string of the molecule is Cc1ccc(S(=O)(=O)OC(C2CCCCC2)C(F)(F)C(=O)O)cc1. The Kier molecular flexibility index (Phi) is 5.59. The predicted octanol–water partition coefficient (Wildman–Crippen LogP) is 3.37. The molecule has 1 unspecified atom stereocenters. The van der Waals surface area contributed by atoms with Gasteiger partial charge in [0.1, 0.15) is 0 Å². The fourth-order valence-electron chi connectivity index (χ4n) is 2.89. The molecule has 1 aliphatic rings. The zero-order chi connectivity index (χ0) is 18.0. The summed E-state index contributed by atoms with van der Waals surface area (Å²) in [4.78, 5) is 10.7. The molecule has 0 spiro atoms. The molecule has 1 fully saturated rings. The van der Waals surface area contributed by atoms with Crippen molar-refractivity contribution >= 4 is 16.1 Å². The molecule has 1 aromatic carbocycles. The van der Waals surface area contributed by atoms with Gasteiger partial charge in [-0.3, -0.25) is 4.18 Å². The van der Waals surface area contributed by atoms with E-state index in [1.807, 2.05) is 0 Å². The summed E-state index contributed by atoms with van der Waals surface area (Å²) in [5, 5.41) is 8.82. The molecule has 2 rings (SSSR count). The molecule has 0 aromatic heterocycles. The second kappa shape index (κ2) is 7.14. The first-order chi connectivity index (χ1) is 11.1. The normalized spacial score (nSPS) is 18.3. The van der Waals surface area contributed by atoms with Crippen molar-refractivity contribution in [2.75, 3.05) is 0 Å². The first-order valence-corrected chi connectivity index (χ1v) is 9.16. The molecule has 24 heavy (non-hydrogen) atoms. The van der Waals surface area contributed by atoms with Gasteiger partial charge in [-0.15, -0.1) is 0 Å². The summed E-state index contributed by atoms with van der Waals surface area (Å²) in [6.07, 6.45) is 0.567. The van der Waals surface area contributed by atoms with Gasteiger partial charge < -0.3 is 5.11 Å². The van der Waals surface area contributed by atoms with Gasteiger partial charge in [-0.2, -0.15) is 17.2 Å². The maximum atomic E-state index is 14.1. The van der Waals surface area contributed by atoms with Crippen molar-refractivity contribution in [3.8, 4) is 0 Å². The van der Waals surface area contributed by atoms with Crippen molar-refractivity contribution in [3.63, 3.8) is 0 Å². The van der Waals surface area contributed by atoms with Gasteiger partial charge in [-0.1, -0.05) is 37.0 Å². The molecular weight excluding hydrogens is 342 g/mol. The number of aryl methyl sites for hydroxylation is 1. The van der Waals surface area contributed by atoms with Crippen LogP contribution in [0.25, 0.3) is 0 Å². The van der Waals surface area contributed by atoms with Gasteiger partial charge in [0.05, 0.1) is 4.90 Å². The molecule has 0 radical (unpaired) electrons. The number of halogens is 2. The van der Waals surface area contributed by atoms with Gasteiger partial charge in [0.25, 0.3) is 10.1 Å². The van der Waals surface area contributed by atoms with Crippen LogP contribution in [0.5, 0.6) is 0 Å². The number of carbonyl (C=O) groups is 1. The zero-order valence-corrected chi connectivity index (χ0v) is 14.1. The molecule has 0 saturated heterocycles. The van der Waals surface area contributed by atoms with Crippen molar-refractivity contribution in [3.05, 3.63) is 29.8 Å². The number of benzene rings is 1. The second-order valence-electron chi connectivity index (χ2n) is 6.11. The van der Waals surface area contributed by atoms with E-state index >= 15 is 0 Å². The summed E-state index contributed by atoms with van der Waals surface area (Å²) in [7, 11) is -4.49. The average Bonchev–Trinajstić information content (AvgIpc) is 2.53. The summed E-state index contributed by atoms with van der Waals surface area (Å²) < 4.78 is 57.6. The van der Waals surface area contributed by atoms with Crippen LogP contribution in [0.2, 0.25) is 0 Å². The van der Waals surface area contributed by atoms with E-state index in [0.717, 1.165) is 12.0 Å². The van der Waals surface area contributed by atoms with Crippen molar-refractivity contribution in [1.29, 1.82) is 0 Å². The third kappa shape index (κ3) is 4.10. The maximum absolute atomic E-state index is 14.1. The third-order valence-electron chi connectivity index (χ3n) is 4.26. The third-order valence-corrected chi connectivity index (χ3v) is 5.57. The number of rotatable bonds is 6. The number of hydrogen-bond acceptors (Lipinski definition) is 4. The van der Waals surface area contributed by atoms with Gasteiger partial charge in [0, 0.05) is 0 Å². The summed E-state index contributed by atoms with van der Waals surface area (Å²) in [5.74, 6) is -7.47. The van der Waals surface area contributed by atoms with Crippen LogP contribution in [0, 0.1) is 12.8 Å². The Morgan fingerprint density at radius 1 is 1.21 bits per heavy atom. The monoisotopic (exact) mass is 362 g/mol. The molecule has 1 atom stereocenters. The fourth-order valence-corrected chi connectivity index (χ4v) is 4.02. The summed E-state index contributed by atoms with van der Waals surface area (Å²) in [5.41, 5.74) is 0.800. The molecule has 0 aliphatic heterocycles. The van der Waals surface area contributed by atoms with Crippen LogP contribution >= 0.6 is 0 Å². The molecule has 0 heterocycles. The Bertz CT molecular complexity index is 679. The number of carboxylic acid groups (broad SMARTS) is 1. The molecular formula is C16H20F2O5S. The van der Waals surface area contributed by atoms with Gasteiger partial charge in [0.2, 0.25) is 0 Å². The highest BCUT2D eigenvalue weighted by Crippen LogP contribution is 2.37. The van der Waals surface area contributed by atoms with E-state index in [1.54, 1.807) is 6.92 Å². The summed E-state index contributed by atoms with van der Waals surface area (Å²) in [6, 6.07) is 5.53. The van der Waals surface area contributed by atoms with Crippen molar-refractivity contribution < 1.29 is 31.3 Å². The van der Waals surface area contributed by atoms with Crippen LogP contribution < -0.4 is 0 Å². The molecule has 134 valence electrons. The predicted molar refractivity (Wildman–Crippen MR) is 82.4 cm³/mol. The Morgan fingerprint density at radius 3 is 2.25 bits per heavy atom. The smallest absolute Gasteiger partial charge is 0.377 e. The Morgan fingerprint density at radius 2 is 1.75 bits per heavy atom. The van der Waals surface area contributed by atoms with Crippen molar-refractivity contribution in [2.45, 2.75) is 55.9 Å². The van der Waals surface area contributed by atoms with E-state index in [4.69, 9.17) is 9.29 Å². The Balaban J connectivity index is 2.33. The highest BCUT2D eigenvalue weighted by molar-refractivity contribution is 7.86. The number of carboxylic acids is 1. The van der Waals surface area contributed by atoms with Crippen molar-refractivity contribution in [1.82, 2.24) is 0 Å². The molecule has 1 saturated carbocycles. The second-order valence-corrected chi connectivity index (χ2v) is 7.68. The largest absolute Gasteiger partial charge is 0.477 e. The van der Waals surface area contributed by atoms with E-state index in [2.05, 4.69) is 0 Å². The lowest BCUT2D eigenvalue weighted by Gasteiger charge is -2.32. The summed E-state index contributed by atoms with van der Waals surface area (Å²) in [6.45, 7) is 1.75. The minimum Gasteiger partial charge on any atom is -0.477 e. The quantitative estimate of drug-likeness (QED) is 0.785. The van der Waals surface area contributed by atoms with Crippen LogP contribution in [0.3, 0.4) is 0 Å². The van der Waals surface area contributed by atoms with Crippen LogP contribution in [-0.4, -0.2) is 31.5 Å². The van der Waals surface area contributed by atoms with Crippen LogP contribution in [0.1, 0.15) is 37.7 Å². The highest BCUT2D eigenvalue weighted by Gasteiger charge is 2.54. The zero-order valence-electron chi connectivity index (χ0n) is 13.2. The van der Waals surface area contributed by atoms with Crippen LogP contribution in [0.4, 0.5) is 8.78 Å². The highest BCUT2D eigenvalue weighted by atomic mass is 32.2. The van der Waals surface area contributed by atoms with Gasteiger partial charge in [-0.05, 0) is 37.8 Å². The molecule has 0 amide bonds. The Labute approximate surface area is 139 Å². The van der Waals surface area contributed by atoms with Crippen molar-refractivity contribution in [2.24, 2.45) is 5.92 Å². The Hall–Kier alpha value is -1.54. The number of aliphatic carboxylic acids is 1. The minimum atomic E-state index is -4.49. The van der Waals surface area contributed by atoms with E-state index < -0.39 is 34.0 Å².